The Morgan fingerprint density at radius 3 is 2.92 bits per heavy atom. The SMILES string of the molecule is CN(C(=O)c1csc(C2CCCO2)n1)C(CCO)c1ccccc1. The molecule has 1 amide bonds. The smallest absolute Gasteiger partial charge is 0.273 e. The van der Waals surface area contributed by atoms with Crippen LogP contribution in [0.15, 0.2) is 35.7 Å². The molecule has 6 heteroatoms. The quantitative estimate of drug-likeness (QED) is 0.872. The van der Waals surface area contributed by atoms with Crippen molar-refractivity contribution in [2.24, 2.45) is 0 Å². The summed E-state index contributed by atoms with van der Waals surface area (Å²) in [7, 11) is 1.76. The maximum Gasteiger partial charge on any atom is 0.273 e. The molecule has 2 atom stereocenters. The topological polar surface area (TPSA) is 62.7 Å². The molecule has 0 radical (unpaired) electrons. The Morgan fingerprint density at radius 1 is 1.46 bits per heavy atom. The van der Waals surface area contributed by atoms with Gasteiger partial charge in [-0.2, -0.15) is 0 Å². The van der Waals surface area contributed by atoms with E-state index >= 15 is 0 Å². The van der Waals surface area contributed by atoms with E-state index in [9.17, 15) is 9.90 Å². The summed E-state index contributed by atoms with van der Waals surface area (Å²) in [5.74, 6) is -0.127. The Bertz CT molecular complexity index is 668. The molecule has 0 spiro atoms. The third-order valence-corrected chi connectivity index (χ3v) is 5.26. The predicted molar refractivity (Wildman–Crippen MR) is 93.0 cm³/mol. The molecular formula is C18H22N2O3S. The van der Waals surface area contributed by atoms with Crippen molar-refractivity contribution in [3.05, 3.63) is 52.0 Å². The monoisotopic (exact) mass is 346 g/mol. The molecule has 0 aliphatic carbocycles. The zero-order valence-electron chi connectivity index (χ0n) is 13.7. The van der Waals surface area contributed by atoms with Gasteiger partial charge in [0.25, 0.3) is 5.91 Å². The molecule has 2 heterocycles. The van der Waals surface area contributed by atoms with Crippen LogP contribution in [0.1, 0.15) is 52.5 Å². The second-order valence-corrected chi connectivity index (χ2v) is 6.82. The molecule has 2 unspecified atom stereocenters. The van der Waals surface area contributed by atoms with Crippen LogP contribution in [0.4, 0.5) is 0 Å². The number of aliphatic hydroxyl groups excluding tert-OH is 1. The Kier molecular flexibility index (Phi) is 5.60. The highest BCUT2D eigenvalue weighted by atomic mass is 32.1. The average Bonchev–Trinajstić information content (AvgIpc) is 3.30. The number of aromatic nitrogens is 1. The molecule has 3 rings (SSSR count). The molecule has 1 aromatic heterocycles. The number of aliphatic hydroxyl groups is 1. The van der Waals surface area contributed by atoms with Crippen LogP contribution in [-0.4, -0.2) is 41.2 Å². The van der Waals surface area contributed by atoms with Crippen LogP contribution in [0.2, 0.25) is 0 Å². The summed E-state index contributed by atoms with van der Waals surface area (Å²) < 4.78 is 5.64. The molecule has 0 bridgehead atoms. The number of hydrogen-bond acceptors (Lipinski definition) is 5. The first-order valence-corrected chi connectivity index (χ1v) is 9.08. The lowest BCUT2D eigenvalue weighted by Gasteiger charge is -2.27. The molecule has 128 valence electrons. The Morgan fingerprint density at radius 2 is 2.25 bits per heavy atom. The molecule has 0 saturated carbocycles. The summed E-state index contributed by atoms with van der Waals surface area (Å²) >= 11 is 1.48. The van der Waals surface area contributed by atoms with E-state index in [1.165, 1.54) is 11.3 Å². The van der Waals surface area contributed by atoms with Crippen LogP contribution >= 0.6 is 11.3 Å². The van der Waals surface area contributed by atoms with Gasteiger partial charge in [0.05, 0.1) is 6.04 Å². The van der Waals surface area contributed by atoms with Crippen LogP contribution in [0.3, 0.4) is 0 Å². The van der Waals surface area contributed by atoms with Crippen LogP contribution < -0.4 is 0 Å². The lowest BCUT2D eigenvalue weighted by molar-refractivity contribution is 0.0698. The predicted octanol–water partition coefficient (Wildman–Crippen LogP) is 3.19. The minimum Gasteiger partial charge on any atom is -0.396 e. The summed E-state index contributed by atoms with van der Waals surface area (Å²) in [6.07, 6.45) is 2.53. The van der Waals surface area contributed by atoms with Crippen molar-refractivity contribution < 1.29 is 14.6 Å². The van der Waals surface area contributed by atoms with Gasteiger partial charge in [-0.1, -0.05) is 30.3 Å². The minimum atomic E-state index is -0.170. The van der Waals surface area contributed by atoms with Gasteiger partial charge in [0, 0.05) is 25.6 Å². The molecular weight excluding hydrogens is 324 g/mol. The largest absolute Gasteiger partial charge is 0.396 e. The zero-order valence-corrected chi connectivity index (χ0v) is 14.5. The molecule has 2 aromatic rings. The van der Waals surface area contributed by atoms with Crippen LogP contribution in [-0.2, 0) is 4.74 Å². The van der Waals surface area contributed by atoms with Crippen molar-refractivity contribution in [3.63, 3.8) is 0 Å². The molecule has 1 fully saturated rings. The normalized spacial score (nSPS) is 18.5. The average molecular weight is 346 g/mol. The van der Waals surface area contributed by atoms with E-state index in [0.717, 1.165) is 30.0 Å². The lowest BCUT2D eigenvalue weighted by Crippen LogP contribution is -2.32. The highest BCUT2D eigenvalue weighted by Crippen LogP contribution is 2.31. The van der Waals surface area contributed by atoms with Crippen molar-refractivity contribution in [2.75, 3.05) is 20.3 Å². The van der Waals surface area contributed by atoms with Gasteiger partial charge in [0.1, 0.15) is 16.8 Å². The molecule has 1 aromatic carbocycles. The molecule has 5 nitrogen and oxygen atoms in total. The Labute approximate surface area is 145 Å². The number of amides is 1. The standard InChI is InChI=1S/C18H22N2O3S/c1-20(15(9-10-21)13-6-3-2-4-7-13)18(22)14-12-24-17(19-14)16-8-5-11-23-16/h2-4,6-7,12,15-16,21H,5,8-11H2,1H3. The van der Waals surface area contributed by atoms with E-state index in [-0.39, 0.29) is 24.7 Å². The number of hydrogen-bond donors (Lipinski definition) is 1. The number of rotatable bonds is 6. The summed E-state index contributed by atoms with van der Waals surface area (Å²) in [6.45, 7) is 0.787. The summed E-state index contributed by atoms with van der Waals surface area (Å²) in [6, 6.07) is 9.60. The Hall–Kier alpha value is -1.76. The molecule has 1 saturated heterocycles. The number of carbonyl (C=O) groups excluding carboxylic acids is 1. The third kappa shape index (κ3) is 3.66. The zero-order chi connectivity index (χ0) is 16.9. The Balaban J connectivity index is 1.77. The number of carbonyl (C=O) groups is 1. The van der Waals surface area contributed by atoms with E-state index in [2.05, 4.69) is 4.98 Å². The van der Waals surface area contributed by atoms with Gasteiger partial charge >= 0.3 is 0 Å². The first-order chi connectivity index (χ1) is 11.7. The first-order valence-electron chi connectivity index (χ1n) is 8.20. The maximum absolute atomic E-state index is 12.8. The fourth-order valence-electron chi connectivity index (χ4n) is 3.01. The fraction of sp³-hybridized carbons (Fsp3) is 0.444. The summed E-state index contributed by atoms with van der Waals surface area (Å²) in [5.41, 5.74) is 1.46. The van der Waals surface area contributed by atoms with E-state index in [1.54, 1.807) is 17.3 Å². The lowest BCUT2D eigenvalue weighted by atomic mass is 10.0. The van der Waals surface area contributed by atoms with E-state index in [4.69, 9.17) is 4.74 Å². The third-order valence-electron chi connectivity index (χ3n) is 4.32. The number of thiazole rings is 1. The van der Waals surface area contributed by atoms with Gasteiger partial charge in [-0.05, 0) is 24.8 Å². The van der Waals surface area contributed by atoms with Crippen LogP contribution in [0.25, 0.3) is 0 Å². The van der Waals surface area contributed by atoms with Gasteiger partial charge < -0.3 is 14.7 Å². The van der Waals surface area contributed by atoms with Crippen molar-refractivity contribution in [2.45, 2.75) is 31.4 Å². The van der Waals surface area contributed by atoms with Crippen LogP contribution in [0, 0.1) is 0 Å². The summed E-state index contributed by atoms with van der Waals surface area (Å²) in [4.78, 5) is 19.0. The van der Waals surface area contributed by atoms with Gasteiger partial charge in [0.2, 0.25) is 0 Å². The number of benzene rings is 1. The fourth-order valence-corrected chi connectivity index (χ4v) is 3.88. The van der Waals surface area contributed by atoms with Crippen molar-refractivity contribution in [1.82, 2.24) is 9.88 Å². The van der Waals surface area contributed by atoms with Gasteiger partial charge in [0.15, 0.2) is 0 Å². The van der Waals surface area contributed by atoms with Crippen molar-refractivity contribution in [3.8, 4) is 0 Å². The highest BCUT2D eigenvalue weighted by molar-refractivity contribution is 7.09. The van der Waals surface area contributed by atoms with E-state index in [0.29, 0.717) is 12.1 Å². The summed E-state index contributed by atoms with van der Waals surface area (Å²) in [5, 5.41) is 12.1. The molecule has 1 aliphatic rings. The van der Waals surface area contributed by atoms with Gasteiger partial charge in [-0.25, -0.2) is 4.98 Å². The van der Waals surface area contributed by atoms with Gasteiger partial charge in [-0.15, -0.1) is 11.3 Å². The van der Waals surface area contributed by atoms with E-state index in [1.807, 2.05) is 30.3 Å². The second-order valence-electron chi connectivity index (χ2n) is 5.93. The maximum atomic E-state index is 12.8. The molecule has 24 heavy (non-hydrogen) atoms. The first kappa shape index (κ1) is 17.1. The number of nitrogens with zero attached hydrogens (tertiary/aromatic N) is 2. The number of ether oxygens (including phenoxy) is 1. The van der Waals surface area contributed by atoms with Crippen molar-refractivity contribution in [1.29, 1.82) is 0 Å². The highest BCUT2D eigenvalue weighted by Gasteiger charge is 2.26. The van der Waals surface area contributed by atoms with Gasteiger partial charge in [-0.3, -0.25) is 4.79 Å². The van der Waals surface area contributed by atoms with E-state index < -0.39 is 0 Å². The van der Waals surface area contributed by atoms with Crippen LogP contribution in [0.5, 0.6) is 0 Å². The minimum absolute atomic E-state index is 0.0232. The second kappa shape index (κ2) is 7.88. The molecule has 1 aliphatic heterocycles. The van der Waals surface area contributed by atoms with Crippen molar-refractivity contribution >= 4 is 17.2 Å². The molecule has 1 N–H and O–H groups in total.